The number of carbonyl (C=O) groups excluding carboxylic acids is 1. The number of hydrogen-bond acceptors (Lipinski definition) is 4. The lowest BCUT2D eigenvalue weighted by Crippen LogP contribution is -2.40. The summed E-state index contributed by atoms with van der Waals surface area (Å²) < 4.78 is 25.1. The summed E-state index contributed by atoms with van der Waals surface area (Å²) in [5.74, 6) is 1.33. The number of nitrogens with one attached hydrogen (secondary N) is 1. The maximum Gasteiger partial charge on any atom is 0.223 e. The third kappa shape index (κ3) is 5.95. The summed E-state index contributed by atoms with van der Waals surface area (Å²) in [5, 5.41) is 3.05. The van der Waals surface area contributed by atoms with Gasteiger partial charge in [0.2, 0.25) is 5.91 Å². The van der Waals surface area contributed by atoms with Crippen LogP contribution in [0.1, 0.15) is 37.8 Å². The molecule has 1 aliphatic rings. The van der Waals surface area contributed by atoms with Gasteiger partial charge in [0.15, 0.2) is 11.5 Å². The fourth-order valence-electron chi connectivity index (χ4n) is 3.76. The standard InChI is InChI=1S/C24H31FN2O3/c1-3-29-22-10-9-18(15-23(22)30-4-2)16-26-24(28)19-11-13-27(14-12-19)17-20-7-5-6-8-21(20)25/h5-10,15,19H,3-4,11-14,16-17H2,1-2H3,(H,26,28). The van der Waals surface area contributed by atoms with Crippen LogP contribution in [0.5, 0.6) is 11.5 Å². The van der Waals surface area contributed by atoms with E-state index in [2.05, 4.69) is 10.2 Å². The van der Waals surface area contributed by atoms with E-state index in [0.717, 1.165) is 37.2 Å². The molecule has 162 valence electrons. The zero-order valence-electron chi connectivity index (χ0n) is 17.8. The molecule has 0 atom stereocenters. The van der Waals surface area contributed by atoms with Crippen LogP contribution in [-0.2, 0) is 17.9 Å². The van der Waals surface area contributed by atoms with Gasteiger partial charge in [-0.15, -0.1) is 0 Å². The summed E-state index contributed by atoms with van der Waals surface area (Å²) >= 11 is 0. The van der Waals surface area contributed by atoms with Crippen molar-refractivity contribution < 1.29 is 18.7 Å². The molecule has 0 aliphatic carbocycles. The Bertz CT molecular complexity index is 835. The number of piperidine rings is 1. The number of nitrogens with zero attached hydrogens (tertiary/aromatic N) is 1. The van der Waals surface area contributed by atoms with Crippen LogP contribution in [0.25, 0.3) is 0 Å². The highest BCUT2D eigenvalue weighted by atomic mass is 19.1. The fraction of sp³-hybridized carbons (Fsp3) is 0.458. The minimum absolute atomic E-state index is 0.00377. The van der Waals surface area contributed by atoms with Gasteiger partial charge in [-0.25, -0.2) is 4.39 Å². The van der Waals surface area contributed by atoms with Gasteiger partial charge in [0.05, 0.1) is 13.2 Å². The molecular formula is C24H31FN2O3. The molecule has 1 saturated heterocycles. The first kappa shape index (κ1) is 22.1. The molecule has 1 aliphatic heterocycles. The van der Waals surface area contributed by atoms with Crippen molar-refractivity contribution in [2.24, 2.45) is 5.92 Å². The molecule has 1 fully saturated rings. The van der Waals surface area contributed by atoms with Crippen LogP contribution < -0.4 is 14.8 Å². The fourth-order valence-corrected chi connectivity index (χ4v) is 3.76. The normalized spacial score (nSPS) is 15.0. The van der Waals surface area contributed by atoms with E-state index in [1.54, 1.807) is 6.07 Å². The van der Waals surface area contributed by atoms with Crippen molar-refractivity contribution in [3.8, 4) is 11.5 Å². The first-order valence-corrected chi connectivity index (χ1v) is 10.7. The summed E-state index contributed by atoms with van der Waals surface area (Å²) in [5.41, 5.74) is 1.69. The van der Waals surface area contributed by atoms with Crippen LogP contribution in [0.3, 0.4) is 0 Å². The van der Waals surface area contributed by atoms with Gasteiger partial charge < -0.3 is 14.8 Å². The number of halogens is 1. The summed E-state index contributed by atoms with van der Waals surface area (Å²) in [6.07, 6.45) is 1.57. The predicted molar refractivity (Wildman–Crippen MR) is 115 cm³/mol. The average Bonchev–Trinajstić information content (AvgIpc) is 2.76. The molecule has 30 heavy (non-hydrogen) atoms. The Morgan fingerprint density at radius 2 is 1.77 bits per heavy atom. The summed E-state index contributed by atoms with van der Waals surface area (Å²) in [4.78, 5) is 14.8. The lowest BCUT2D eigenvalue weighted by atomic mass is 9.95. The summed E-state index contributed by atoms with van der Waals surface area (Å²) in [7, 11) is 0. The number of likely N-dealkylation sites (tertiary alicyclic amines) is 1. The monoisotopic (exact) mass is 414 g/mol. The van der Waals surface area contributed by atoms with Crippen molar-refractivity contribution in [2.75, 3.05) is 26.3 Å². The molecule has 0 spiro atoms. The third-order valence-corrected chi connectivity index (χ3v) is 5.38. The lowest BCUT2D eigenvalue weighted by Gasteiger charge is -2.31. The maximum absolute atomic E-state index is 13.8. The SMILES string of the molecule is CCOc1ccc(CNC(=O)C2CCN(Cc3ccccc3F)CC2)cc1OCC. The van der Waals surface area contributed by atoms with Gasteiger partial charge in [-0.3, -0.25) is 9.69 Å². The summed E-state index contributed by atoms with van der Waals surface area (Å²) in [6, 6.07) is 12.6. The zero-order valence-corrected chi connectivity index (χ0v) is 17.8. The second-order valence-corrected chi connectivity index (χ2v) is 7.51. The Kier molecular flexibility index (Phi) is 8.08. The van der Waals surface area contributed by atoms with Crippen molar-refractivity contribution in [1.29, 1.82) is 0 Å². The van der Waals surface area contributed by atoms with Crippen LogP contribution in [0.2, 0.25) is 0 Å². The van der Waals surface area contributed by atoms with Crippen LogP contribution in [0.15, 0.2) is 42.5 Å². The van der Waals surface area contributed by atoms with E-state index in [0.29, 0.717) is 37.6 Å². The van der Waals surface area contributed by atoms with Gasteiger partial charge in [-0.2, -0.15) is 0 Å². The Balaban J connectivity index is 1.48. The third-order valence-electron chi connectivity index (χ3n) is 5.38. The van der Waals surface area contributed by atoms with Gasteiger partial charge in [-0.1, -0.05) is 24.3 Å². The number of hydrogen-bond donors (Lipinski definition) is 1. The molecule has 2 aromatic rings. The molecule has 3 rings (SSSR count). The van der Waals surface area contributed by atoms with E-state index < -0.39 is 0 Å². The highest BCUT2D eigenvalue weighted by molar-refractivity contribution is 5.78. The maximum atomic E-state index is 13.8. The van der Waals surface area contributed by atoms with E-state index >= 15 is 0 Å². The van der Waals surface area contributed by atoms with Crippen molar-refractivity contribution in [1.82, 2.24) is 10.2 Å². The number of carbonyl (C=O) groups is 1. The topological polar surface area (TPSA) is 50.8 Å². The van der Waals surface area contributed by atoms with Crippen molar-refractivity contribution in [3.05, 3.63) is 59.4 Å². The van der Waals surface area contributed by atoms with Crippen molar-refractivity contribution in [2.45, 2.75) is 39.8 Å². The molecular weight excluding hydrogens is 383 g/mol. The minimum Gasteiger partial charge on any atom is -0.490 e. The second kappa shape index (κ2) is 11.0. The van der Waals surface area contributed by atoms with Crippen LogP contribution in [-0.4, -0.2) is 37.1 Å². The zero-order chi connectivity index (χ0) is 21.3. The van der Waals surface area contributed by atoms with Gasteiger partial charge in [0, 0.05) is 24.6 Å². The number of amides is 1. The van der Waals surface area contributed by atoms with E-state index in [1.807, 2.05) is 44.2 Å². The highest BCUT2D eigenvalue weighted by Crippen LogP contribution is 2.28. The van der Waals surface area contributed by atoms with Crippen molar-refractivity contribution in [3.63, 3.8) is 0 Å². The van der Waals surface area contributed by atoms with Gasteiger partial charge in [0.1, 0.15) is 5.82 Å². The molecule has 0 saturated carbocycles. The van der Waals surface area contributed by atoms with Gasteiger partial charge in [0.25, 0.3) is 0 Å². The lowest BCUT2D eigenvalue weighted by molar-refractivity contribution is -0.126. The molecule has 0 aromatic heterocycles. The van der Waals surface area contributed by atoms with E-state index in [-0.39, 0.29) is 17.6 Å². The quantitative estimate of drug-likeness (QED) is 0.670. The van der Waals surface area contributed by atoms with Crippen LogP contribution in [0, 0.1) is 11.7 Å². The van der Waals surface area contributed by atoms with E-state index in [4.69, 9.17) is 9.47 Å². The van der Waals surface area contributed by atoms with Crippen LogP contribution in [0.4, 0.5) is 4.39 Å². The van der Waals surface area contributed by atoms with Crippen molar-refractivity contribution >= 4 is 5.91 Å². The average molecular weight is 415 g/mol. The molecule has 0 radical (unpaired) electrons. The Morgan fingerprint density at radius 1 is 1.07 bits per heavy atom. The van der Waals surface area contributed by atoms with Crippen LogP contribution >= 0.6 is 0 Å². The Labute approximate surface area is 178 Å². The Morgan fingerprint density at radius 3 is 2.47 bits per heavy atom. The second-order valence-electron chi connectivity index (χ2n) is 7.51. The number of rotatable bonds is 9. The van der Waals surface area contributed by atoms with Gasteiger partial charge >= 0.3 is 0 Å². The molecule has 5 nitrogen and oxygen atoms in total. The first-order chi connectivity index (χ1) is 14.6. The first-order valence-electron chi connectivity index (χ1n) is 10.7. The predicted octanol–water partition coefficient (Wildman–Crippen LogP) is 4.15. The molecule has 1 N–H and O–H groups in total. The summed E-state index contributed by atoms with van der Waals surface area (Å²) in [6.45, 7) is 7.64. The molecule has 2 aromatic carbocycles. The van der Waals surface area contributed by atoms with E-state index in [9.17, 15) is 9.18 Å². The number of ether oxygens (including phenoxy) is 2. The Hall–Kier alpha value is -2.60. The highest BCUT2D eigenvalue weighted by Gasteiger charge is 2.25. The molecule has 0 unspecified atom stereocenters. The largest absolute Gasteiger partial charge is 0.490 e. The molecule has 0 bridgehead atoms. The minimum atomic E-state index is -0.167. The molecule has 6 heteroatoms. The van der Waals surface area contributed by atoms with Gasteiger partial charge in [-0.05, 0) is 63.5 Å². The number of benzene rings is 2. The molecule has 1 heterocycles. The van der Waals surface area contributed by atoms with E-state index in [1.165, 1.54) is 6.07 Å². The molecule has 1 amide bonds. The smallest absolute Gasteiger partial charge is 0.223 e.